The minimum Gasteiger partial charge on any atom is -0.477 e. The third-order valence-corrected chi connectivity index (χ3v) is 4.32. The quantitative estimate of drug-likeness (QED) is 0.747. The summed E-state index contributed by atoms with van der Waals surface area (Å²) >= 11 is 6.13. The average Bonchev–Trinajstić information content (AvgIpc) is 3.13. The van der Waals surface area contributed by atoms with Crippen LogP contribution in [0, 0.1) is 25.2 Å². The molecule has 0 atom stereocenters. The summed E-state index contributed by atoms with van der Waals surface area (Å²) in [6.45, 7) is 4.06. The highest BCUT2D eigenvalue weighted by Crippen LogP contribution is 2.30. The number of hydrogen-bond acceptors (Lipinski definition) is 4. The Hall–Kier alpha value is -3.11. The van der Waals surface area contributed by atoms with Crippen molar-refractivity contribution in [3.8, 4) is 17.2 Å². The predicted molar refractivity (Wildman–Crippen MR) is 91.5 cm³/mol. The zero-order valence-corrected chi connectivity index (χ0v) is 14.3. The first kappa shape index (κ1) is 16.7. The van der Waals surface area contributed by atoms with E-state index < -0.39 is 5.97 Å². The lowest BCUT2D eigenvalue weighted by atomic mass is 10.0. The van der Waals surface area contributed by atoms with Gasteiger partial charge in [-0.2, -0.15) is 15.5 Å². The van der Waals surface area contributed by atoms with Gasteiger partial charge in [-0.25, -0.2) is 4.79 Å². The monoisotopic (exact) mass is 355 g/mol. The van der Waals surface area contributed by atoms with Crippen molar-refractivity contribution < 1.29 is 9.90 Å². The van der Waals surface area contributed by atoms with E-state index in [0.29, 0.717) is 16.1 Å². The van der Waals surface area contributed by atoms with Crippen LogP contribution in [-0.4, -0.2) is 31.1 Å². The van der Waals surface area contributed by atoms with E-state index in [1.165, 1.54) is 6.20 Å². The highest BCUT2D eigenvalue weighted by molar-refractivity contribution is 6.32. The van der Waals surface area contributed by atoms with E-state index in [1.54, 1.807) is 16.8 Å². The summed E-state index contributed by atoms with van der Waals surface area (Å²) in [6.07, 6.45) is 1.48. The number of nitrogens with zero attached hydrogens (tertiary/aromatic N) is 4. The highest BCUT2D eigenvalue weighted by Gasteiger charge is 2.18. The summed E-state index contributed by atoms with van der Waals surface area (Å²) in [7, 11) is 0. The number of aromatic carboxylic acids is 1. The first-order chi connectivity index (χ1) is 11.9. The van der Waals surface area contributed by atoms with Gasteiger partial charge in [0.15, 0.2) is 0 Å². The van der Waals surface area contributed by atoms with Crippen molar-refractivity contribution in [1.29, 1.82) is 5.26 Å². The van der Waals surface area contributed by atoms with E-state index in [1.807, 2.05) is 26.0 Å². The van der Waals surface area contributed by atoms with E-state index in [0.717, 1.165) is 22.5 Å². The Morgan fingerprint density at radius 3 is 2.84 bits per heavy atom. The minimum atomic E-state index is -1.06. The number of aromatic amines is 1. The molecule has 8 heteroatoms. The molecule has 0 unspecified atom stereocenters. The fourth-order valence-electron chi connectivity index (χ4n) is 2.81. The van der Waals surface area contributed by atoms with Gasteiger partial charge in [0.25, 0.3) is 0 Å². The molecule has 0 aliphatic rings. The summed E-state index contributed by atoms with van der Waals surface area (Å²) in [5, 5.41) is 29.3. The number of benzene rings is 1. The molecular weight excluding hydrogens is 342 g/mol. The maximum Gasteiger partial charge on any atom is 0.354 e. The number of aromatic nitrogens is 4. The highest BCUT2D eigenvalue weighted by atomic mass is 35.5. The third-order valence-electron chi connectivity index (χ3n) is 4.01. The number of nitrogens with one attached hydrogen (secondary N) is 1. The third kappa shape index (κ3) is 2.99. The molecular formula is C17H14ClN5O2. The summed E-state index contributed by atoms with van der Waals surface area (Å²) in [6, 6.07) is 7.27. The SMILES string of the molecule is Cc1nn(Cc2cn[nH]c2C(=O)O)c(C)c1-c1ccc(C#N)c(Cl)c1. The van der Waals surface area contributed by atoms with Gasteiger partial charge >= 0.3 is 5.97 Å². The number of rotatable bonds is 4. The zero-order chi connectivity index (χ0) is 18.1. The smallest absolute Gasteiger partial charge is 0.354 e. The van der Waals surface area contributed by atoms with Gasteiger partial charge in [-0.3, -0.25) is 9.78 Å². The number of H-pyrrole nitrogens is 1. The van der Waals surface area contributed by atoms with E-state index in [2.05, 4.69) is 15.3 Å². The van der Waals surface area contributed by atoms with Crippen molar-refractivity contribution in [1.82, 2.24) is 20.0 Å². The molecule has 2 N–H and O–H groups in total. The standard InChI is InChI=1S/C17H14ClN5O2/c1-9-15(11-3-4-12(6-19)14(18)5-11)10(2)23(22-9)8-13-7-20-21-16(13)17(24)25/h3-5,7H,8H2,1-2H3,(H,20,21)(H,24,25). The summed E-state index contributed by atoms with van der Waals surface area (Å²) in [5.74, 6) is -1.06. The van der Waals surface area contributed by atoms with Crippen molar-refractivity contribution in [2.45, 2.75) is 20.4 Å². The lowest BCUT2D eigenvalue weighted by Crippen LogP contribution is -2.08. The molecule has 0 spiro atoms. The predicted octanol–water partition coefficient (Wildman–Crippen LogP) is 3.16. The van der Waals surface area contributed by atoms with Crippen LogP contribution < -0.4 is 0 Å². The van der Waals surface area contributed by atoms with Crippen LogP contribution in [0.25, 0.3) is 11.1 Å². The topological polar surface area (TPSA) is 108 Å². The summed E-state index contributed by atoms with van der Waals surface area (Å²) < 4.78 is 1.73. The van der Waals surface area contributed by atoms with Crippen LogP contribution >= 0.6 is 11.6 Å². The van der Waals surface area contributed by atoms with Crippen LogP contribution in [-0.2, 0) is 6.54 Å². The molecule has 0 fully saturated rings. The molecule has 0 saturated heterocycles. The molecule has 2 heterocycles. The van der Waals surface area contributed by atoms with Crippen molar-refractivity contribution >= 4 is 17.6 Å². The van der Waals surface area contributed by atoms with Crippen molar-refractivity contribution in [2.75, 3.05) is 0 Å². The number of halogens is 1. The molecule has 0 amide bonds. The Morgan fingerprint density at radius 1 is 1.44 bits per heavy atom. The number of carboxylic acid groups (broad SMARTS) is 1. The van der Waals surface area contributed by atoms with Gasteiger partial charge in [-0.05, 0) is 31.5 Å². The van der Waals surface area contributed by atoms with Gasteiger partial charge < -0.3 is 5.11 Å². The van der Waals surface area contributed by atoms with Gasteiger partial charge in [-0.15, -0.1) is 0 Å². The van der Waals surface area contributed by atoms with E-state index in [-0.39, 0.29) is 12.2 Å². The molecule has 0 bridgehead atoms. The van der Waals surface area contributed by atoms with Gasteiger partial charge in [0.05, 0.1) is 29.0 Å². The van der Waals surface area contributed by atoms with Crippen LogP contribution in [0.15, 0.2) is 24.4 Å². The van der Waals surface area contributed by atoms with E-state index in [4.69, 9.17) is 16.9 Å². The van der Waals surface area contributed by atoms with Crippen molar-refractivity contribution in [2.24, 2.45) is 0 Å². The molecule has 1 aromatic carbocycles. The van der Waals surface area contributed by atoms with E-state index >= 15 is 0 Å². The first-order valence-electron chi connectivity index (χ1n) is 7.42. The van der Waals surface area contributed by atoms with Crippen LogP contribution in [0.4, 0.5) is 0 Å². The Labute approximate surface area is 148 Å². The van der Waals surface area contributed by atoms with Gasteiger partial charge in [0.1, 0.15) is 11.8 Å². The average molecular weight is 356 g/mol. The molecule has 126 valence electrons. The van der Waals surface area contributed by atoms with Crippen molar-refractivity contribution in [3.63, 3.8) is 0 Å². The zero-order valence-electron chi connectivity index (χ0n) is 13.5. The fraction of sp³-hybridized carbons (Fsp3) is 0.176. The van der Waals surface area contributed by atoms with Gasteiger partial charge in [-0.1, -0.05) is 17.7 Å². The number of hydrogen-bond donors (Lipinski definition) is 2. The molecule has 7 nitrogen and oxygen atoms in total. The Kier molecular flexibility index (Phi) is 4.30. The summed E-state index contributed by atoms with van der Waals surface area (Å²) in [5.41, 5.74) is 4.44. The normalized spacial score (nSPS) is 10.6. The maximum atomic E-state index is 11.2. The molecule has 0 radical (unpaired) electrons. The molecule has 3 rings (SSSR count). The Bertz CT molecular complexity index is 1010. The van der Waals surface area contributed by atoms with Crippen molar-refractivity contribution in [3.05, 3.63) is 57.6 Å². The van der Waals surface area contributed by atoms with Crippen LogP contribution in [0.2, 0.25) is 5.02 Å². The molecule has 25 heavy (non-hydrogen) atoms. The second-order valence-electron chi connectivity index (χ2n) is 5.59. The second-order valence-corrected chi connectivity index (χ2v) is 5.99. The number of nitriles is 1. The first-order valence-corrected chi connectivity index (χ1v) is 7.79. The minimum absolute atomic E-state index is 0.0514. The lowest BCUT2D eigenvalue weighted by molar-refractivity contribution is 0.0689. The maximum absolute atomic E-state index is 11.2. The Balaban J connectivity index is 2.02. The van der Waals surface area contributed by atoms with Crippen LogP contribution in [0.5, 0.6) is 0 Å². The largest absolute Gasteiger partial charge is 0.477 e. The lowest BCUT2D eigenvalue weighted by Gasteiger charge is -2.06. The Morgan fingerprint density at radius 2 is 2.20 bits per heavy atom. The van der Waals surface area contributed by atoms with Crippen LogP contribution in [0.1, 0.15) is 33.0 Å². The summed E-state index contributed by atoms with van der Waals surface area (Å²) in [4.78, 5) is 11.2. The van der Waals surface area contributed by atoms with E-state index in [9.17, 15) is 9.90 Å². The van der Waals surface area contributed by atoms with Gasteiger partial charge in [0.2, 0.25) is 0 Å². The fourth-order valence-corrected chi connectivity index (χ4v) is 3.03. The molecule has 2 aromatic heterocycles. The van der Waals surface area contributed by atoms with Crippen LogP contribution in [0.3, 0.4) is 0 Å². The number of carbonyl (C=O) groups is 1. The number of aryl methyl sites for hydroxylation is 1. The second kappa shape index (κ2) is 6.42. The molecule has 3 aromatic rings. The molecule has 0 aliphatic carbocycles. The molecule has 0 aliphatic heterocycles. The van der Waals surface area contributed by atoms with Gasteiger partial charge in [0, 0.05) is 16.8 Å². The molecule has 0 saturated carbocycles. The number of carboxylic acids is 1.